The second-order valence-electron chi connectivity index (χ2n) is 8.15. The molecule has 140 valence electrons. The molecule has 2 N–H and O–H groups in total. The molecule has 1 aliphatic heterocycles. The van der Waals surface area contributed by atoms with E-state index in [9.17, 15) is 4.79 Å². The third-order valence-electron chi connectivity index (χ3n) is 6.51. The Bertz CT molecular complexity index is 1230. The van der Waals surface area contributed by atoms with Gasteiger partial charge in [0.05, 0.1) is 6.54 Å². The van der Waals surface area contributed by atoms with Gasteiger partial charge in [-0.1, -0.05) is 18.2 Å². The average Bonchev–Trinajstić information content (AvgIpc) is 3.30. The van der Waals surface area contributed by atoms with Gasteiger partial charge in [-0.3, -0.25) is 4.79 Å². The molecule has 4 heteroatoms. The molecular weight excluding hydrogens is 346 g/mol. The highest BCUT2D eigenvalue weighted by Crippen LogP contribution is 2.31. The molecule has 0 saturated heterocycles. The fourth-order valence-corrected chi connectivity index (χ4v) is 5.09. The van der Waals surface area contributed by atoms with E-state index in [1.165, 1.54) is 57.2 Å². The molecule has 3 heterocycles. The number of hydrogen-bond donors (Lipinski definition) is 2. The minimum atomic E-state index is 0.136. The standard InChI is InChI=1S/C24H23N3O/c28-24(15-9-10-22-19(13-15)17-6-2-4-8-21(17)25-22)27-12-11-18-16-5-1-3-7-20(16)26-23(18)14-27/h1,3,5,7,9-10,13,25-26H,2,4,6,8,11-12,14H2. The Hall–Kier alpha value is -3.01. The Morgan fingerprint density at radius 3 is 2.57 bits per heavy atom. The van der Waals surface area contributed by atoms with Crippen LogP contribution in [0.4, 0.5) is 0 Å². The lowest BCUT2D eigenvalue weighted by Crippen LogP contribution is -2.35. The number of hydrogen-bond acceptors (Lipinski definition) is 1. The van der Waals surface area contributed by atoms with Crippen molar-refractivity contribution in [1.82, 2.24) is 14.9 Å². The molecule has 2 aromatic heterocycles. The molecule has 0 spiro atoms. The van der Waals surface area contributed by atoms with Crippen molar-refractivity contribution in [2.24, 2.45) is 0 Å². The van der Waals surface area contributed by atoms with E-state index in [1.54, 1.807) is 0 Å². The number of nitrogens with one attached hydrogen (secondary N) is 2. The number of aromatic amines is 2. The second-order valence-corrected chi connectivity index (χ2v) is 8.15. The van der Waals surface area contributed by atoms with E-state index in [0.717, 1.165) is 31.4 Å². The number of carbonyl (C=O) groups excluding carboxylic acids is 1. The van der Waals surface area contributed by atoms with Gasteiger partial charge in [-0.05, 0) is 67.5 Å². The predicted molar refractivity (Wildman–Crippen MR) is 112 cm³/mol. The fourth-order valence-electron chi connectivity index (χ4n) is 5.09. The zero-order chi connectivity index (χ0) is 18.7. The van der Waals surface area contributed by atoms with Crippen LogP contribution in [0.25, 0.3) is 21.8 Å². The second kappa shape index (κ2) is 5.99. The molecule has 4 aromatic rings. The fraction of sp³-hybridized carbons (Fsp3) is 0.292. The van der Waals surface area contributed by atoms with Crippen LogP contribution < -0.4 is 0 Å². The van der Waals surface area contributed by atoms with Crippen molar-refractivity contribution in [1.29, 1.82) is 0 Å². The highest BCUT2D eigenvalue weighted by atomic mass is 16.2. The first kappa shape index (κ1) is 16.0. The molecule has 0 fully saturated rings. The molecule has 0 unspecified atom stereocenters. The number of benzene rings is 2. The van der Waals surface area contributed by atoms with E-state index in [4.69, 9.17) is 0 Å². The molecule has 6 rings (SSSR count). The molecule has 2 aliphatic rings. The summed E-state index contributed by atoms with van der Waals surface area (Å²) in [5.41, 5.74) is 8.48. The van der Waals surface area contributed by atoms with Gasteiger partial charge in [0.25, 0.3) is 5.91 Å². The maximum absolute atomic E-state index is 13.3. The van der Waals surface area contributed by atoms with Crippen molar-refractivity contribution in [3.8, 4) is 0 Å². The van der Waals surface area contributed by atoms with Gasteiger partial charge in [-0.25, -0.2) is 0 Å². The summed E-state index contributed by atoms with van der Waals surface area (Å²) in [6, 6.07) is 14.6. The molecule has 1 amide bonds. The summed E-state index contributed by atoms with van der Waals surface area (Å²) in [7, 11) is 0. The summed E-state index contributed by atoms with van der Waals surface area (Å²) in [4.78, 5) is 22.3. The molecule has 4 nitrogen and oxygen atoms in total. The summed E-state index contributed by atoms with van der Waals surface area (Å²) in [6.45, 7) is 1.43. The van der Waals surface area contributed by atoms with Crippen LogP contribution in [0.3, 0.4) is 0 Å². The largest absolute Gasteiger partial charge is 0.358 e. The SMILES string of the molecule is O=C(c1ccc2[nH]c3c(c2c1)CCCC3)N1CCc2c([nH]c3ccccc23)C1. The van der Waals surface area contributed by atoms with E-state index in [-0.39, 0.29) is 5.91 Å². The van der Waals surface area contributed by atoms with Gasteiger partial charge in [0, 0.05) is 45.3 Å². The van der Waals surface area contributed by atoms with Crippen molar-refractivity contribution in [3.05, 3.63) is 70.5 Å². The smallest absolute Gasteiger partial charge is 0.254 e. The average molecular weight is 369 g/mol. The predicted octanol–water partition coefficient (Wildman–Crippen LogP) is 4.73. The number of aromatic nitrogens is 2. The van der Waals surface area contributed by atoms with Gasteiger partial charge in [-0.2, -0.15) is 0 Å². The summed E-state index contributed by atoms with van der Waals surface area (Å²) >= 11 is 0. The van der Waals surface area contributed by atoms with E-state index in [1.807, 2.05) is 11.0 Å². The molecule has 2 aromatic carbocycles. The molecule has 0 radical (unpaired) electrons. The first-order chi connectivity index (χ1) is 13.8. The van der Waals surface area contributed by atoms with Crippen molar-refractivity contribution in [2.45, 2.75) is 38.6 Å². The first-order valence-electron chi connectivity index (χ1n) is 10.3. The summed E-state index contributed by atoms with van der Waals surface area (Å²) < 4.78 is 0. The number of H-pyrrole nitrogens is 2. The lowest BCUT2D eigenvalue weighted by molar-refractivity contribution is 0.0733. The third-order valence-corrected chi connectivity index (χ3v) is 6.51. The van der Waals surface area contributed by atoms with E-state index in [0.29, 0.717) is 6.54 Å². The van der Waals surface area contributed by atoms with E-state index < -0.39 is 0 Å². The highest BCUT2D eigenvalue weighted by molar-refractivity contribution is 5.99. The highest BCUT2D eigenvalue weighted by Gasteiger charge is 2.25. The van der Waals surface area contributed by atoms with Gasteiger partial charge in [0.2, 0.25) is 0 Å². The van der Waals surface area contributed by atoms with E-state index >= 15 is 0 Å². The topological polar surface area (TPSA) is 51.9 Å². The Kier molecular flexibility index (Phi) is 3.42. The zero-order valence-electron chi connectivity index (χ0n) is 15.8. The van der Waals surface area contributed by atoms with Crippen LogP contribution in [0.1, 0.15) is 45.7 Å². The van der Waals surface area contributed by atoms with Crippen molar-refractivity contribution in [2.75, 3.05) is 6.54 Å². The Balaban J connectivity index is 1.34. The third kappa shape index (κ3) is 2.34. The number of nitrogens with zero attached hydrogens (tertiary/aromatic N) is 1. The zero-order valence-corrected chi connectivity index (χ0v) is 15.8. The number of aryl methyl sites for hydroxylation is 2. The van der Waals surface area contributed by atoms with Gasteiger partial charge in [0.15, 0.2) is 0 Å². The number of rotatable bonds is 1. The van der Waals surface area contributed by atoms with Gasteiger partial charge in [-0.15, -0.1) is 0 Å². The molecule has 28 heavy (non-hydrogen) atoms. The number of amides is 1. The maximum atomic E-state index is 13.3. The van der Waals surface area contributed by atoms with Crippen LogP contribution in [0.5, 0.6) is 0 Å². The number of para-hydroxylation sites is 1. The monoisotopic (exact) mass is 369 g/mol. The first-order valence-corrected chi connectivity index (χ1v) is 10.3. The summed E-state index contributed by atoms with van der Waals surface area (Å²) in [6.07, 6.45) is 5.66. The molecular formula is C24H23N3O. The minimum absolute atomic E-state index is 0.136. The van der Waals surface area contributed by atoms with Gasteiger partial charge >= 0.3 is 0 Å². The van der Waals surface area contributed by atoms with Gasteiger partial charge < -0.3 is 14.9 Å². The summed E-state index contributed by atoms with van der Waals surface area (Å²) in [5.74, 6) is 0.136. The van der Waals surface area contributed by atoms with Crippen LogP contribution in [0.2, 0.25) is 0 Å². The van der Waals surface area contributed by atoms with Crippen molar-refractivity contribution in [3.63, 3.8) is 0 Å². The van der Waals surface area contributed by atoms with Crippen LogP contribution in [0.15, 0.2) is 42.5 Å². The number of carbonyl (C=O) groups is 1. The summed E-state index contributed by atoms with van der Waals surface area (Å²) in [5, 5.41) is 2.54. The molecule has 0 atom stereocenters. The lowest BCUT2D eigenvalue weighted by Gasteiger charge is -2.27. The van der Waals surface area contributed by atoms with Crippen molar-refractivity contribution < 1.29 is 4.79 Å². The quantitative estimate of drug-likeness (QED) is 0.501. The van der Waals surface area contributed by atoms with Crippen molar-refractivity contribution >= 4 is 27.7 Å². The molecule has 0 saturated carbocycles. The Morgan fingerprint density at radius 1 is 0.821 bits per heavy atom. The maximum Gasteiger partial charge on any atom is 0.254 e. The lowest BCUT2D eigenvalue weighted by atomic mass is 9.95. The van der Waals surface area contributed by atoms with Crippen LogP contribution in [-0.2, 0) is 25.8 Å². The number of fused-ring (bicyclic) bond motifs is 6. The molecule has 1 aliphatic carbocycles. The minimum Gasteiger partial charge on any atom is -0.358 e. The van der Waals surface area contributed by atoms with Crippen LogP contribution in [0, 0.1) is 0 Å². The van der Waals surface area contributed by atoms with E-state index in [2.05, 4.69) is 46.4 Å². The normalized spacial score (nSPS) is 16.4. The molecule has 0 bridgehead atoms. The van der Waals surface area contributed by atoms with Crippen LogP contribution in [-0.4, -0.2) is 27.3 Å². The van der Waals surface area contributed by atoms with Crippen LogP contribution >= 0.6 is 0 Å². The Morgan fingerprint density at radius 2 is 1.61 bits per heavy atom. The van der Waals surface area contributed by atoms with Gasteiger partial charge in [0.1, 0.15) is 0 Å². The Labute approximate surface area is 163 Å².